The zero-order chi connectivity index (χ0) is 47.8. The SMILES string of the molecule is CC(C)(C)c1cc(COc2cc(CNC(=O)Cc3cc4c(=O)[nH]c(NC(=O)c5ccc6ccccc6c5)nc4[nH]3)cc(OCc3cc(C(C)(C)C)cc(C(C)(C)C)c3)c2)cc(C(C)(C)C)c1. The summed E-state index contributed by atoms with van der Waals surface area (Å²) < 4.78 is 13.1. The van der Waals surface area contributed by atoms with Gasteiger partial charge in [0, 0.05) is 23.9 Å². The van der Waals surface area contributed by atoms with E-state index in [-0.39, 0.29) is 57.5 Å². The molecule has 7 rings (SSSR count). The van der Waals surface area contributed by atoms with Gasteiger partial charge in [0.25, 0.3) is 11.5 Å². The van der Waals surface area contributed by atoms with Crippen LogP contribution in [-0.4, -0.2) is 26.8 Å². The number of hydrogen-bond donors (Lipinski definition) is 4. The highest BCUT2D eigenvalue weighted by Crippen LogP contribution is 2.33. The Kier molecular flexibility index (Phi) is 13.1. The van der Waals surface area contributed by atoms with E-state index in [1.54, 1.807) is 18.2 Å². The van der Waals surface area contributed by atoms with Gasteiger partial charge in [0.1, 0.15) is 30.4 Å². The quantitative estimate of drug-likeness (QED) is 0.0964. The molecule has 66 heavy (non-hydrogen) atoms. The Morgan fingerprint density at radius 1 is 0.576 bits per heavy atom. The first-order valence-corrected chi connectivity index (χ1v) is 22.8. The average molecular weight is 888 g/mol. The van der Waals surface area contributed by atoms with Crippen LogP contribution in [0.25, 0.3) is 21.8 Å². The molecule has 2 aromatic heterocycles. The first kappa shape index (κ1) is 47.3. The molecule has 0 bridgehead atoms. The Hall–Kier alpha value is -6.68. The standard InChI is InChI=1S/C56H65N5O5/c1-53(2,3)40-19-35(20-41(26-40)54(4,5)6)32-65-45-23-34(24-46(30-45)66-33-36-21-42(55(7,8)9)27-43(22-36)56(10,11)12)31-57-48(62)29-44-28-47-49(58-44)59-52(61-51(47)64)60-50(63)39-18-17-37-15-13-14-16-38(37)25-39/h13-28,30H,29,31-33H2,1-12H3,(H,57,62)(H3,58,59,60,61,63,64). The summed E-state index contributed by atoms with van der Waals surface area (Å²) in [6.45, 7) is 27.6. The van der Waals surface area contributed by atoms with Crippen LogP contribution in [-0.2, 0) is 52.6 Å². The highest BCUT2D eigenvalue weighted by molar-refractivity contribution is 6.06. The third-order valence-corrected chi connectivity index (χ3v) is 11.8. The Morgan fingerprint density at radius 2 is 1.09 bits per heavy atom. The van der Waals surface area contributed by atoms with Crippen molar-refractivity contribution < 1.29 is 19.1 Å². The molecule has 0 saturated carbocycles. The van der Waals surface area contributed by atoms with Crippen LogP contribution in [0.5, 0.6) is 11.5 Å². The number of ether oxygens (including phenoxy) is 2. The van der Waals surface area contributed by atoms with Crippen molar-refractivity contribution in [3.05, 3.63) is 164 Å². The average Bonchev–Trinajstić information content (AvgIpc) is 3.65. The van der Waals surface area contributed by atoms with Crippen molar-refractivity contribution in [2.75, 3.05) is 5.32 Å². The van der Waals surface area contributed by atoms with E-state index in [4.69, 9.17) is 9.47 Å². The molecular weight excluding hydrogens is 823 g/mol. The van der Waals surface area contributed by atoms with Gasteiger partial charge in [0.2, 0.25) is 11.9 Å². The summed E-state index contributed by atoms with van der Waals surface area (Å²) in [5, 5.41) is 7.95. The van der Waals surface area contributed by atoms with Crippen LogP contribution >= 0.6 is 0 Å². The van der Waals surface area contributed by atoms with Crippen LogP contribution in [0.1, 0.15) is 138 Å². The van der Waals surface area contributed by atoms with E-state index >= 15 is 0 Å². The molecule has 0 atom stereocenters. The van der Waals surface area contributed by atoms with Gasteiger partial charge in [0.05, 0.1) is 11.8 Å². The molecule has 5 aromatic carbocycles. The molecule has 0 spiro atoms. The first-order chi connectivity index (χ1) is 30.9. The van der Waals surface area contributed by atoms with Crippen LogP contribution in [0.15, 0.2) is 108 Å². The number of fused-ring (bicyclic) bond motifs is 2. The fraction of sp³-hybridized carbons (Fsp3) is 0.357. The number of aromatic nitrogens is 3. The van der Waals surface area contributed by atoms with Crippen molar-refractivity contribution >= 4 is 39.6 Å². The lowest BCUT2D eigenvalue weighted by atomic mass is 9.79. The second-order valence-electron chi connectivity index (χ2n) is 21.7. The summed E-state index contributed by atoms with van der Waals surface area (Å²) in [7, 11) is 0. The number of amides is 2. The molecule has 10 nitrogen and oxygen atoms in total. The van der Waals surface area contributed by atoms with Crippen LogP contribution in [0, 0.1) is 0 Å². The summed E-state index contributed by atoms with van der Waals surface area (Å²) in [4.78, 5) is 49.9. The predicted octanol–water partition coefficient (Wildman–Crippen LogP) is 11.9. The number of anilines is 1. The molecule has 2 amide bonds. The lowest BCUT2D eigenvalue weighted by Gasteiger charge is -2.26. The number of aromatic amines is 2. The molecule has 0 fully saturated rings. The first-order valence-electron chi connectivity index (χ1n) is 22.8. The molecule has 344 valence electrons. The molecule has 10 heteroatoms. The van der Waals surface area contributed by atoms with Gasteiger partial charge >= 0.3 is 0 Å². The van der Waals surface area contributed by atoms with Crippen molar-refractivity contribution in [1.82, 2.24) is 20.3 Å². The third kappa shape index (κ3) is 11.8. The van der Waals surface area contributed by atoms with Crippen LogP contribution in [0.3, 0.4) is 0 Å². The Balaban J connectivity index is 1.09. The van der Waals surface area contributed by atoms with Crippen LogP contribution < -0.4 is 25.7 Å². The molecule has 4 N–H and O–H groups in total. The van der Waals surface area contributed by atoms with E-state index < -0.39 is 11.5 Å². The monoisotopic (exact) mass is 887 g/mol. The van der Waals surface area contributed by atoms with Crippen molar-refractivity contribution in [2.24, 2.45) is 0 Å². The second-order valence-corrected chi connectivity index (χ2v) is 21.7. The van der Waals surface area contributed by atoms with Crippen molar-refractivity contribution in [1.29, 1.82) is 0 Å². The fourth-order valence-electron chi connectivity index (χ4n) is 7.69. The molecular formula is C56H65N5O5. The van der Waals surface area contributed by atoms with Gasteiger partial charge in [0.15, 0.2) is 0 Å². The molecule has 0 aliphatic carbocycles. The number of hydrogen-bond acceptors (Lipinski definition) is 6. The van der Waals surface area contributed by atoms with E-state index in [0.29, 0.717) is 36.0 Å². The number of H-pyrrole nitrogens is 2. The maximum Gasteiger partial charge on any atom is 0.261 e. The Labute approximate surface area is 389 Å². The highest BCUT2D eigenvalue weighted by atomic mass is 16.5. The summed E-state index contributed by atoms with van der Waals surface area (Å²) >= 11 is 0. The highest BCUT2D eigenvalue weighted by Gasteiger charge is 2.23. The zero-order valence-corrected chi connectivity index (χ0v) is 40.6. The molecule has 0 radical (unpaired) electrons. The maximum atomic E-state index is 13.5. The summed E-state index contributed by atoms with van der Waals surface area (Å²) in [5.74, 6) is 0.568. The number of nitrogens with one attached hydrogen (secondary N) is 4. The fourth-order valence-corrected chi connectivity index (χ4v) is 7.69. The van der Waals surface area contributed by atoms with E-state index in [1.807, 2.05) is 48.5 Å². The maximum absolute atomic E-state index is 13.5. The summed E-state index contributed by atoms with van der Waals surface area (Å²) in [6.07, 6.45) is -0.0331. The Morgan fingerprint density at radius 3 is 1.61 bits per heavy atom. The minimum absolute atomic E-state index is 0.00302. The molecule has 0 aliphatic heterocycles. The number of rotatable bonds is 12. The van der Waals surface area contributed by atoms with Gasteiger partial charge < -0.3 is 19.8 Å². The molecule has 0 unspecified atom stereocenters. The zero-order valence-electron chi connectivity index (χ0n) is 40.6. The van der Waals surface area contributed by atoms with Crippen LogP contribution in [0.4, 0.5) is 5.95 Å². The lowest BCUT2D eigenvalue weighted by molar-refractivity contribution is -0.120. The van der Waals surface area contributed by atoms with Gasteiger partial charge in [-0.25, -0.2) is 0 Å². The third-order valence-electron chi connectivity index (χ3n) is 11.8. The molecule has 0 saturated heterocycles. The topological polar surface area (TPSA) is 138 Å². The lowest BCUT2D eigenvalue weighted by Crippen LogP contribution is -2.24. The molecule has 0 aliphatic rings. The van der Waals surface area contributed by atoms with Gasteiger partial charge in [-0.2, -0.15) is 4.98 Å². The minimum atomic E-state index is -0.444. The summed E-state index contributed by atoms with van der Waals surface area (Å²) in [6, 6.07) is 34.0. The number of carbonyl (C=O) groups is 2. The smallest absolute Gasteiger partial charge is 0.261 e. The van der Waals surface area contributed by atoms with Crippen molar-refractivity contribution in [3.8, 4) is 11.5 Å². The number of benzene rings is 5. The largest absolute Gasteiger partial charge is 0.489 e. The van der Waals surface area contributed by atoms with E-state index in [1.165, 1.54) is 22.3 Å². The number of carbonyl (C=O) groups excluding carboxylic acids is 2. The van der Waals surface area contributed by atoms with E-state index in [2.05, 4.69) is 145 Å². The van der Waals surface area contributed by atoms with Gasteiger partial charge in [-0.1, -0.05) is 150 Å². The van der Waals surface area contributed by atoms with Gasteiger partial charge in [-0.05, 0) is 102 Å². The van der Waals surface area contributed by atoms with E-state index in [9.17, 15) is 14.4 Å². The van der Waals surface area contributed by atoms with E-state index in [0.717, 1.165) is 27.5 Å². The van der Waals surface area contributed by atoms with Crippen molar-refractivity contribution in [3.63, 3.8) is 0 Å². The van der Waals surface area contributed by atoms with Gasteiger partial charge in [-0.15, -0.1) is 0 Å². The molecule has 7 aromatic rings. The normalized spacial score (nSPS) is 12.4. The van der Waals surface area contributed by atoms with Crippen LogP contribution in [0.2, 0.25) is 0 Å². The summed E-state index contributed by atoms with van der Waals surface area (Å²) in [5.41, 5.74) is 8.55. The molecule has 2 heterocycles. The number of nitrogens with zero attached hydrogens (tertiary/aromatic N) is 1. The predicted molar refractivity (Wildman–Crippen MR) is 267 cm³/mol. The van der Waals surface area contributed by atoms with Gasteiger partial charge in [-0.3, -0.25) is 24.7 Å². The van der Waals surface area contributed by atoms with Crippen molar-refractivity contribution in [2.45, 2.75) is 131 Å². The minimum Gasteiger partial charge on any atom is -0.489 e. The second kappa shape index (κ2) is 18.3. The Bertz CT molecular complexity index is 2820.